The third kappa shape index (κ3) is 5.35. The van der Waals surface area contributed by atoms with Gasteiger partial charge in [0.1, 0.15) is 0 Å². The Morgan fingerprint density at radius 1 is 0.492 bits per heavy atom. The molecule has 0 aliphatic heterocycles. The van der Waals surface area contributed by atoms with Gasteiger partial charge >= 0.3 is 26.2 Å². The van der Waals surface area contributed by atoms with E-state index in [1.807, 2.05) is 16.7 Å². The molecule has 0 aromatic heterocycles. The number of allylic oxidation sites excluding steroid dienone is 4. The minimum absolute atomic E-state index is 0. The van der Waals surface area contributed by atoms with Gasteiger partial charge in [0.15, 0.2) is 0 Å². The first-order valence-corrected chi connectivity index (χ1v) is 25.1. The van der Waals surface area contributed by atoms with Crippen LogP contribution in [0.15, 0.2) is 59.2 Å². The van der Waals surface area contributed by atoms with Crippen LogP contribution in [-0.2, 0) is 37.0 Å². The summed E-state index contributed by atoms with van der Waals surface area (Å²) in [6.45, 7) is 2.86. The Morgan fingerprint density at radius 2 is 0.881 bits per heavy atom. The summed E-state index contributed by atoms with van der Waals surface area (Å²) in [7, 11) is 0. The van der Waals surface area contributed by atoms with Crippen LogP contribution in [0, 0.1) is 75.9 Å². The topological polar surface area (TPSA) is 0 Å². The van der Waals surface area contributed by atoms with Crippen molar-refractivity contribution in [3.05, 3.63) is 81.4 Å². The maximum Gasteiger partial charge on any atom is 2.00 e. The standard InChI is InChI=1S/C56H68.2ClH.Zr/c1-53(50-5-3-2-4-44(50)49-21-43(22-51(49)53)56-29-38-16-39(30-56)18-40(17-38)31-56)52-45-8-6-41(54-23-32-10-33(24-54)12-34(11-32)25-54)19-47(45)48-20-42(7-9-46(48)52)55-26-35-13-36(27-55)15-37(14-35)28-55;;;/h6-9,19-20,22,32-40,44,50,52H,2-5,10-18,21,23-31H2,1H3;2*1H;/q;;;+2/p-2. The second kappa shape index (κ2) is 13.5. The Morgan fingerprint density at radius 3 is 1.31 bits per heavy atom. The quantitative estimate of drug-likeness (QED) is 0.290. The molecule has 310 valence electrons. The molecular weight excluding hydrogens is 835 g/mol. The summed E-state index contributed by atoms with van der Waals surface area (Å²) in [5, 5.41) is 0. The molecule has 3 atom stereocenters. The Bertz CT molecular complexity index is 1950. The number of rotatable bonds is 4. The molecule has 12 bridgehead atoms. The Kier molecular flexibility index (Phi) is 9.12. The van der Waals surface area contributed by atoms with Crippen molar-refractivity contribution in [3.8, 4) is 11.1 Å². The zero-order chi connectivity index (χ0) is 36.3. The van der Waals surface area contributed by atoms with Crippen molar-refractivity contribution in [2.75, 3.05) is 0 Å². The van der Waals surface area contributed by atoms with E-state index in [9.17, 15) is 0 Å². The van der Waals surface area contributed by atoms with Crippen molar-refractivity contribution < 1.29 is 51.0 Å². The molecule has 13 saturated carbocycles. The van der Waals surface area contributed by atoms with E-state index in [-0.39, 0.29) is 56.4 Å². The van der Waals surface area contributed by atoms with Crippen molar-refractivity contribution in [1.29, 1.82) is 0 Å². The fraction of sp³-hybridized carbons (Fsp3) is 0.714. The van der Waals surface area contributed by atoms with Crippen molar-refractivity contribution in [2.24, 2.45) is 75.9 Å². The summed E-state index contributed by atoms with van der Waals surface area (Å²) in [5.74, 6) is 11.3. The summed E-state index contributed by atoms with van der Waals surface area (Å²) < 4.78 is 0. The van der Waals surface area contributed by atoms with Crippen LogP contribution in [-0.4, -0.2) is 0 Å². The number of fused-ring (bicyclic) bond motifs is 5. The summed E-state index contributed by atoms with van der Waals surface area (Å²) in [4.78, 5) is 0. The molecular formula is C56H68Cl2Zr. The van der Waals surface area contributed by atoms with E-state index in [1.165, 1.54) is 89.9 Å². The average Bonchev–Trinajstić information content (AvgIpc) is 3.83. The summed E-state index contributed by atoms with van der Waals surface area (Å²) in [5.41, 5.74) is 17.9. The maximum absolute atomic E-state index is 2.99. The van der Waals surface area contributed by atoms with Crippen molar-refractivity contribution in [1.82, 2.24) is 0 Å². The Balaban J connectivity index is 0.00000126. The van der Waals surface area contributed by atoms with Crippen molar-refractivity contribution in [3.63, 3.8) is 0 Å². The summed E-state index contributed by atoms with van der Waals surface area (Å²) in [6, 6.07) is 16.9. The first-order chi connectivity index (χ1) is 27.3. The van der Waals surface area contributed by atoms with Crippen LogP contribution in [0.25, 0.3) is 11.1 Å². The maximum atomic E-state index is 2.99. The van der Waals surface area contributed by atoms with Crippen LogP contribution in [0.1, 0.15) is 183 Å². The van der Waals surface area contributed by atoms with Gasteiger partial charge in [-0.3, -0.25) is 0 Å². The first kappa shape index (κ1) is 39.9. The third-order valence-corrected chi connectivity index (χ3v) is 22.2. The van der Waals surface area contributed by atoms with Gasteiger partial charge in [-0.05, 0) is 255 Å². The monoisotopic (exact) mass is 900 g/mol. The van der Waals surface area contributed by atoms with Crippen LogP contribution in [0.4, 0.5) is 0 Å². The van der Waals surface area contributed by atoms with Crippen molar-refractivity contribution >= 4 is 0 Å². The molecule has 3 heteroatoms. The number of hydrogen-bond donors (Lipinski definition) is 0. The van der Waals surface area contributed by atoms with Gasteiger partial charge in [0.05, 0.1) is 0 Å². The van der Waals surface area contributed by atoms with Gasteiger partial charge in [0, 0.05) is 11.3 Å². The molecule has 0 N–H and O–H groups in total. The number of halogens is 2. The van der Waals surface area contributed by atoms with Gasteiger partial charge in [-0.2, -0.15) is 0 Å². The molecule has 0 saturated heterocycles. The molecule has 3 unspecified atom stereocenters. The largest absolute Gasteiger partial charge is 2.00 e. The predicted octanol–water partition coefficient (Wildman–Crippen LogP) is 8.41. The molecule has 0 spiro atoms. The molecule has 16 aliphatic carbocycles. The number of benzene rings is 2. The van der Waals surface area contributed by atoms with E-state index in [1.54, 1.807) is 91.2 Å². The summed E-state index contributed by atoms with van der Waals surface area (Å²) >= 11 is 0. The zero-order valence-electron chi connectivity index (χ0n) is 36.0. The molecule has 13 fully saturated rings. The smallest absolute Gasteiger partial charge is 1.00 e. The molecule has 59 heavy (non-hydrogen) atoms. The van der Waals surface area contributed by atoms with Gasteiger partial charge in [0.25, 0.3) is 0 Å². The summed E-state index contributed by atoms with van der Waals surface area (Å²) in [6.07, 6.45) is 37.6. The third-order valence-electron chi connectivity index (χ3n) is 22.2. The van der Waals surface area contributed by atoms with E-state index in [4.69, 9.17) is 0 Å². The van der Waals surface area contributed by atoms with E-state index in [0.717, 1.165) is 65.1 Å². The molecule has 0 nitrogen and oxygen atoms in total. The minimum atomic E-state index is 0. The normalized spacial score (nSPS) is 49.1. The second-order valence-electron chi connectivity index (χ2n) is 25.2. The van der Waals surface area contributed by atoms with Crippen LogP contribution >= 0.6 is 0 Å². The Hall–Kier alpha value is -0.617. The van der Waals surface area contributed by atoms with Gasteiger partial charge in [-0.25, -0.2) is 0 Å². The number of hydrogen-bond acceptors (Lipinski definition) is 0. The predicted molar refractivity (Wildman–Crippen MR) is 227 cm³/mol. The molecule has 0 amide bonds. The van der Waals surface area contributed by atoms with E-state index in [2.05, 4.69) is 49.4 Å². The minimum Gasteiger partial charge on any atom is -1.00 e. The first-order valence-electron chi connectivity index (χ1n) is 25.1. The zero-order valence-corrected chi connectivity index (χ0v) is 40.0. The van der Waals surface area contributed by atoms with Gasteiger partial charge < -0.3 is 24.8 Å². The fourth-order valence-corrected chi connectivity index (χ4v) is 21.6. The van der Waals surface area contributed by atoms with Gasteiger partial charge in [0.2, 0.25) is 0 Å². The molecule has 0 heterocycles. The molecule has 18 rings (SSSR count). The molecule has 2 aromatic carbocycles. The second-order valence-corrected chi connectivity index (χ2v) is 25.2. The van der Waals surface area contributed by atoms with Crippen LogP contribution < -0.4 is 24.8 Å². The van der Waals surface area contributed by atoms with Gasteiger partial charge in [-0.1, -0.05) is 73.4 Å². The van der Waals surface area contributed by atoms with E-state index >= 15 is 0 Å². The van der Waals surface area contributed by atoms with Crippen LogP contribution in [0.3, 0.4) is 0 Å². The van der Waals surface area contributed by atoms with E-state index in [0.29, 0.717) is 22.2 Å². The molecule has 16 aliphatic rings. The average molecular weight is 903 g/mol. The van der Waals surface area contributed by atoms with E-state index < -0.39 is 0 Å². The molecule has 2 aromatic rings. The van der Waals surface area contributed by atoms with Crippen molar-refractivity contribution in [2.45, 2.75) is 171 Å². The van der Waals surface area contributed by atoms with Crippen LogP contribution in [0.5, 0.6) is 0 Å². The fourth-order valence-electron chi connectivity index (χ4n) is 21.6. The molecule has 0 radical (unpaired) electrons. The Labute approximate surface area is 388 Å². The SMILES string of the molecule is CC1(C2c3ccc(C45CC6CC(CC(C6)C4)C5)cc3-c3cc(C45CC6CC(CC(C6)C4)C5)ccc32)C2=C(CC(C34CC5CC(CC(C5)C3)C4)=C2)C2CCCCC21.[Cl-].[Cl-].[Zr+2]. The van der Waals surface area contributed by atoms with Crippen LogP contribution in [0.2, 0.25) is 0 Å². The van der Waals surface area contributed by atoms with Gasteiger partial charge in [-0.15, -0.1) is 0 Å².